The summed E-state index contributed by atoms with van der Waals surface area (Å²) in [6, 6.07) is 1.03. The van der Waals surface area contributed by atoms with E-state index < -0.39 is 0 Å². The first-order valence-corrected chi connectivity index (χ1v) is 6.16. The normalized spacial score (nSPS) is 17.9. The van der Waals surface area contributed by atoms with Crippen LogP contribution >= 0.6 is 0 Å². The molecule has 3 nitrogen and oxygen atoms in total. The third-order valence-corrected chi connectivity index (χ3v) is 2.95. The molecule has 0 aromatic rings. The molecular formula is C12H24N2O. The average Bonchev–Trinajstić information content (AvgIpc) is 2.97. The molecule has 1 aliphatic rings. The van der Waals surface area contributed by atoms with E-state index in [1.54, 1.807) is 0 Å². The first-order chi connectivity index (χ1) is 7.13. The summed E-state index contributed by atoms with van der Waals surface area (Å²) in [4.78, 5) is 11.6. The van der Waals surface area contributed by atoms with E-state index in [1.807, 2.05) is 0 Å². The van der Waals surface area contributed by atoms with Crippen LogP contribution in [-0.2, 0) is 4.79 Å². The first kappa shape index (κ1) is 12.5. The van der Waals surface area contributed by atoms with Crippen LogP contribution in [0.25, 0.3) is 0 Å². The van der Waals surface area contributed by atoms with Crippen LogP contribution in [0.5, 0.6) is 0 Å². The summed E-state index contributed by atoms with van der Waals surface area (Å²) < 4.78 is 0. The zero-order valence-electron chi connectivity index (χ0n) is 10.2. The lowest BCUT2D eigenvalue weighted by Gasteiger charge is -2.20. The molecule has 1 amide bonds. The Morgan fingerprint density at radius 1 is 1.40 bits per heavy atom. The van der Waals surface area contributed by atoms with Crippen molar-refractivity contribution in [2.75, 3.05) is 6.54 Å². The Morgan fingerprint density at radius 2 is 2.07 bits per heavy atom. The van der Waals surface area contributed by atoms with Gasteiger partial charge < -0.3 is 10.6 Å². The number of carbonyl (C=O) groups excluding carboxylic acids is 1. The number of hydrogen-bond donors (Lipinski definition) is 2. The van der Waals surface area contributed by atoms with Gasteiger partial charge in [0.1, 0.15) is 0 Å². The van der Waals surface area contributed by atoms with Crippen LogP contribution in [0.2, 0.25) is 0 Å². The topological polar surface area (TPSA) is 41.1 Å². The predicted octanol–water partition coefficient (Wildman–Crippen LogP) is 1.68. The minimum atomic E-state index is 0.184. The van der Waals surface area contributed by atoms with Gasteiger partial charge in [0.25, 0.3) is 0 Å². The van der Waals surface area contributed by atoms with Crippen LogP contribution in [-0.4, -0.2) is 24.5 Å². The van der Waals surface area contributed by atoms with Gasteiger partial charge in [0, 0.05) is 25.0 Å². The molecule has 0 spiro atoms. The summed E-state index contributed by atoms with van der Waals surface area (Å²) >= 11 is 0. The van der Waals surface area contributed by atoms with Crippen molar-refractivity contribution in [1.29, 1.82) is 0 Å². The van der Waals surface area contributed by atoms with Crippen LogP contribution in [0.3, 0.4) is 0 Å². The van der Waals surface area contributed by atoms with Gasteiger partial charge in [-0.25, -0.2) is 0 Å². The lowest BCUT2D eigenvalue weighted by molar-refractivity contribution is -0.122. The van der Waals surface area contributed by atoms with E-state index >= 15 is 0 Å². The molecule has 0 heterocycles. The minimum Gasteiger partial charge on any atom is -0.353 e. The van der Waals surface area contributed by atoms with Crippen molar-refractivity contribution in [1.82, 2.24) is 10.6 Å². The maximum Gasteiger partial charge on any atom is 0.221 e. The minimum absolute atomic E-state index is 0.184. The molecule has 1 fully saturated rings. The number of rotatable bonds is 7. The molecule has 3 heteroatoms. The van der Waals surface area contributed by atoms with E-state index in [1.165, 1.54) is 12.8 Å². The number of amides is 1. The van der Waals surface area contributed by atoms with Crippen LogP contribution < -0.4 is 10.6 Å². The Bertz CT molecular complexity index is 200. The van der Waals surface area contributed by atoms with Gasteiger partial charge >= 0.3 is 0 Å². The molecule has 0 saturated heterocycles. The summed E-state index contributed by atoms with van der Waals surface area (Å²) in [5, 5.41) is 6.43. The second-order valence-electron chi connectivity index (χ2n) is 4.80. The number of carbonyl (C=O) groups is 1. The van der Waals surface area contributed by atoms with Crippen molar-refractivity contribution in [2.24, 2.45) is 5.92 Å². The molecular weight excluding hydrogens is 188 g/mol. The van der Waals surface area contributed by atoms with E-state index in [2.05, 4.69) is 31.4 Å². The highest BCUT2D eigenvalue weighted by atomic mass is 16.1. The SMILES string of the molecule is CCC(NC(=O)CCNC1CC1)C(C)C. The summed E-state index contributed by atoms with van der Waals surface area (Å²) in [5.41, 5.74) is 0. The lowest BCUT2D eigenvalue weighted by atomic mass is 10.0. The highest BCUT2D eigenvalue weighted by Gasteiger charge is 2.20. The fourth-order valence-corrected chi connectivity index (χ4v) is 1.70. The maximum atomic E-state index is 11.6. The van der Waals surface area contributed by atoms with Gasteiger partial charge in [0.05, 0.1) is 0 Å². The predicted molar refractivity (Wildman–Crippen MR) is 62.7 cm³/mol. The van der Waals surface area contributed by atoms with Crippen molar-refractivity contribution in [3.8, 4) is 0 Å². The van der Waals surface area contributed by atoms with E-state index in [0.29, 0.717) is 24.4 Å². The highest BCUT2D eigenvalue weighted by molar-refractivity contribution is 5.76. The number of hydrogen-bond acceptors (Lipinski definition) is 2. The Morgan fingerprint density at radius 3 is 2.53 bits per heavy atom. The largest absolute Gasteiger partial charge is 0.353 e. The van der Waals surface area contributed by atoms with Crippen LogP contribution in [0.15, 0.2) is 0 Å². The van der Waals surface area contributed by atoms with Gasteiger partial charge in [-0.2, -0.15) is 0 Å². The second kappa shape index (κ2) is 6.11. The van der Waals surface area contributed by atoms with E-state index in [0.717, 1.165) is 13.0 Å². The van der Waals surface area contributed by atoms with Gasteiger partial charge in [-0.3, -0.25) is 4.79 Å². The van der Waals surface area contributed by atoms with E-state index in [9.17, 15) is 4.79 Å². The monoisotopic (exact) mass is 212 g/mol. The van der Waals surface area contributed by atoms with Crippen molar-refractivity contribution < 1.29 is 4.79 Å². The molecule has 0 bridgehead atoms. The summed E-state index contributed by atoms with van der Waals surface area (Å²) in [6.07, 6.45) is 4.19. The summed E-state index contributed by atoms with van der Waals surface area (Å²) in [5.74, 6) is 0.707. The summed E-state index contributed by atoms with van der Waals surface area (Å²) in [6.45, 7) is 7.24. The third-order valence-electron chi connectivity index (χ3n) is 2.95. The molecule has 0 aromatic heterocycles. The van der Waals surface area contributed by atoms with Crippen molar-refractivity contribution in [3.63, 3.8) is 0 Å². The van der Waals surface area contributed by atoms with Gasteiger partial charge in [0.15, 0.2) is 0 Å². The van der Waals surface area contributed by atoms with Crippen molar-refractivity contribution >= 4 is 5.91 Å². The van der Waals surface area contributed by atoms with Crippen molar-refractivity contribution in [2.45, 2.75) is 58.5 Å². The molecule has 88 valence electrons. The number of nitrogens with one attached hydrogen (secondary N) is 2. The Balaban J connectivity index is 2.09. The van der Waals surface area contributed by atoms with Gasteiger partial charge in [-0.1, -0.05) is 20.8 Å². The first-order valence-electron chi connectivity index (χ1n) is 6.16. The molecule has 1 aliphatic carbocycles. The molecule has 0 aromatic carbocycles. The summed E-state index contributed by atoms with van der Waals surface area (Å²) in [7, 11) is 0. The van der Waals surface area contributed by atoms with Gasteiger partial charge in [0.2, 0.25) is 5.91 Å². The van der Waals surface area contributed by atoms with Crippen molar-refractivity contribution in [3.05, 3.63) is 0 Å². The molecule has 15 heavy (non-hydrogen) atoms. The second-order valence-corrected chi connectivity index (χ2v) is 4.80. The molecule has 1 rings (SSSR count). The van der Waals surface area contributed by atoms with Crippen LogP contribution in [0.4, 0.5) is 0 Å². The molecule has 1 atom stereocenters. The molecule has 1 unspecified atom stereocenters. The quantitative estimate of drug-likeness (QED) is 0.674. The molecule has 2 N–H and O–H groups in total. The van der Waals surface area contributed by atoms with Gasteiger partial charge in [-0.05, 0) is 25.2 Å². The van der Waals surface area contributed by atoms with E-state index in [4.69, 9.17) is 0 Å². The van der Waals surface area contributed by atoms with Crippen LogP contribution in [0.1, 0.15) is 46.5 Å². The Hall–Kier alpha value is -0.570. The molecule has 1 saturated carbocycles. The van der Waals surface area contributed by atoms with E-state index in [-0.39, 0.29) is 5.91 Å². The zero-order chi connectivity index (χ0) is 11.3. The lowest BCUT2D eigenvalue weighted by Crippen LogP contribution is -2.39. The smallest absolute Gasteiger partial charge is 0.221 e. The molecule has 0 radical (unpaired) electrons. The fourth-order valence-electron chi connectivity index (χ4n) is 1.70. The average molecular weight is 212 g/mol. The Kier molecular flexibility index (Phi) is 5.09. The zero-order valence-corrected chi connectivity index (χ0v) is 10.2. The fraction of sp³-hybridized carbons (Fsp3) is 0.917. The maximum absolute atomic E-state index is 11.6. The van der Waals surface area contributed by atoms with Crippen LogP contribution in [0, 0.1) is 5.92 Å². The standard InChI is InChI=1S/C12H24N2O/c1-4-11(9(2)3)14-12(15)7-8-13-10-5-6-10/h9-11,13H,4-8H2,1-3H3,(H,14,15). The van der Waals surface area contributed by atoms with Gasteiger partial charge in [-0.15, -0.1) is 0 Å². The highest BCUT2D eigenvalue weighted by Crippen LogP contribution is 2.18. The molecule has 0 aliphatic heterocycles. The Labute approximate surface area is 93.0 Å². The third kappa shape index (κ3) is 5.17.